The van der Waals surface area contributed by atoms with Crippen LogP contribution >= 0.6 is 57.9 Å². The van der Waals surface area contributed by atoms with Gasteiger partial charge in [-0.3, -0.25) is 0 Å². The van der Waals surface area contributed by atoms with Crippen LogP contribution in [0.1, 0.15) is 17.6 Å². The van der Waals surface area contributed by atoms with Crippen molar-refractivity contribution in [3.63, 3.8) is 0 Å². The fraction of sp³-hybridized carbons (Fsp3) is 0.357. The normalized spacial score (nSPS) is 11.0. The standard InChI is InChI=1S/C14H18IN3OS.HI/c1-2-16-14(18-10-11-4-3-9-19-11)17-8-7-12-5-6-13(15)20-12;/h3-6,9H,2,7-8,10H2,1H3,(H2,16,17,18);1H. The van der Waals surface area contributed by atoms with E-state index in [9.17, 15) is 0 Å². The maximum absolute atomic E-state index is 5.28. The zero-order valence-electron chi connectivity index (χ0n) is 11.8. The van der Waals surface area contributed by atoms with Crippen LogP contribution in [-0.2, 0) is 13.0 Å². The molecule has 0 spiro atoms. The second-order valence-corrected chi connectivity index (χ2v) is 7.22. The average molecular weight is 531 g/mol. The summed E-state index contributed by atoms with van der Waals surface area (Å²) in [4.78, 5) is 5.89. The van der Waals surface area contributed by atoms with Crippen molar-refractivity contribution in [3.05, 3.63) is 44.0 Å². The SMILES string of the molecule is CCNC(=NCc1ccco1)NCCc1ccc(I)s1.I. The summed E-state index contributed by atoms with van der Waals surface area (Å²) in [6.07, 6.45) is 2.68. The lowest BCUT2D eigenvalue weighted by Gasteiger charge is -2.10. The number of thiophene rings is 1. The van der Waals surface area contributed by atoms with E-state index in [2.05, 4.69) is 57.3 Å². The van der Waals surface area contributed by atoms with E-state index in [-0.39, 0.29) is 24.0 Å². The summed E-state index contributed by atoms with van der Waals surface area (Å²) in [5.74, 6) is 1.70. The number of nitrogens with one attached hydrogen (secondary N) is 2. The fourth-order valence-electron chi connectivity index (χ4n) is 1.69. The van der Waals surface area contributed by atoms with E-state index < -0.39 is 0 Å². The van der Waals surface area contributed by atoms with Gasteiger partial charge in [0.25, 0.3) is 0 Å². The molecule has 7 heteroatoms. The van der Waals surface area contributed by atoms with E-state index in [1.54, 1.807) is 6.26 Å². The van der Waals surface area contributed by atoms with Crippen molar-refractivity contribution in [3.8, 4) is 0 Å². The Bertz CT molecular complexity index is 540. The highest BCUT2D eigenvalue weighted by Crippen LogP contribution is 2.18. The molecule has 4 nitrogen and oxygen atoms in total. The number of nitrogens with zero attached hydrogens (tertiary/aromatic N) is 1. The van der Waals surface area contributed by atoms with Crippen LogP contribution in [0.15, 0.2) is 39.9 Å². The van der Waals surface area contributed by atoms with Crippen molar-refractivity contribution in [2.75, 3.05) is 13.1 Å². The summed E-state index contributed by atoms with van der Waals surface area (Å²) in [7, 11) is 0. The molecule has 2 rings (SSSR count). The first kappa shape index (κ1) is 18.8. The van der Waals surface area contributed by atoms with Gasteiger partial charge in [0.2, 0.25) is 0 Å². The third-order valence-electron chi connectivity index (χ3n) is 2.61. The van der Waals surface area contributed by atoms with Crippen molar-refractivity contribution in [1.82, 2.24) is 10.6 Å². The predicted octanol–water partition coefficient (Wildman–Crippen LogP) is 3.86. The summed E-state index contributed by atoms with van der Waals surface area (Å²) in [5.41, 5.74) is 0. The van der Waals surface area contributed by atoms with Crippen molar-refractivity contribution in [1.29, 1.82) is 0 Å². The van der Waals surface area contributed by atoms with Crippen molar-refractivity contribution in [2.24, 2.45) is 4.99 Å². The molecule has 116 valence electrons. The van der Waals surface area contributed by atoms with Gasteiger partial charge < -0.3 is 15.1 Å². The van der Waals surface area contributed by atoms with Crippen molar-refractivity contribution in [2.45, 2.75) is 19.9 Å². The Kier molecular flexibility index (Phi) is 9.32. The lowest BCUT2D eigenvalue weighted by molar-refractivity contribution is 0.512. The zero-order chi connectivity index (χ0) is 14.2. The minimum Gasteiger partial charge on any atom is -0.467 e. The summed E-state index contributed by atoms with van der Waals surface area (Å²) in [5, 5.41) is 6.58. The van der Waals surface area contributed by atoms with Gasteiger partial charge in [0.05, 0.1) is 9.15 Å². The molecular formula is C14H19I2N3OS. The molecule has 2 heterocycles. The zero-order valence-corrected chi connectivity index (χ0v) is 17.1. The molecule has 0 aliphatic rings. The number of aliphatic imine (C=N–C) groups is 1. The molecule has 2 aromatic heterocycles. The van der Waals surface area contributed by atoms with Crippen LogP contribution in [0.2, 0.25) is 0 Å². The highest BCUT2D eigenvalue weighted by Gasteiger charge is 2.01. The van der Waals surface area contributed by atoms with Gasteiger partial charge >= 0.3 is 0 Å². The van der Waals surface area contributed by atoms with Gasteiger partial charge in [0.15, 0.2) is 5.96 Å². The largest absolute Gasteiger partial charge is 0.467 e. The molecule has 2 aromatic rings. The quantitative estimate of drug-likeness (QED) is 0.339. The first-order chi connectivity index (χ1) is 9.78. The van der Waals surface area contributed by atoms with Crippen LogP contribution in [0.5, 0.6) is 0 Å². The molecule has 0 unspecified atom stereocenters. The second kappa shape index (κ2) is 10.4. The molecule has 0 aromatic carbocycles. The lowest BCUT2D eigenvalue weighted by atomic mass is 10.3. The molecule has 0 saturated heterocycles. The monoisotopic (exact) mass is 531 g/mol. The molecule has 0 amide bonds. The van der Waals surface area contributed by atoms with E-state index in [4.69, 9.17) is 4.42 Å². The maximum atomic E-state index is 5.28. The number of guanidine groups is 1. The minimum atomic E-state index is 0. The Morgan fingerprint density at radius 1 is 1.33 bits per heavy atom. The predicted molar refractivity (Wildman–Crippen MR) is 108 cm³/mol. The summed E-state index contributed by atoms with van der Waals surface area (Å²) < 4.78 is 6.61. The van der Waals surface area contributed by atoms with Gasteiger partial charge in [-0.25, -0.2) is 4.99 Å². The Morgan fingerprint density at radius 3 is 2.81 bits per heavy atom. The smallest absolute Gasteiger partial charge is 0.191 e. The molecule has 0 fully saturated rings. The Morgan fingerprint density at radius 2 is 2.19 bits per heavy atom. The third-order valence-corrected chi connectivity index (χ3v) is 4.56. The fourth-order valence-corrected chi connectivity index (χ4v) is 3.45. The van der Waals surface area contributed by atoms with Gasteiger partial charge in [-0.05, 0) is 60.2 Å². The minimum absolute atomic E-state index is 0. The van der Waals surface area contributed by atoms with Gasteiger partial charge in [-0.15, -0.1) is 35.3 Å². The molecule has 21 heavy (non-hydrogen) atoms. The van der Waals surface area contributed by atoms with Crippen LogP contribution in [0.3, 0.4) is 0 Å². The van der Waals surface area contributed by atoms with Crippen LogP contribution in [0.25, 0.3) is 0 Å². The lowest BCUT2D eigenvalue weighted by Crippen LogP contribution is -2.38. The summed E-state index contributed by atoms with van der Waals surface area (Å²) >= 11 is 4.19. The first-order valence-electron chi connectivity index (χ1n) is 6.56. The van der Waals surface area contributed by atoms with Crippen LogP contribution in [0.4, 0.5) is 0 Å². The third kappa shape index (κ3) is 7.00. The first-order valence-corrected chi connectivity index (χ1v) is 8.46. The van der Waals surface area contributed by atoms with Gasteiger partial charge in [-0.2, -0.15) is 0 Å². The number of rotatable bonds is 6. The topological polar surface area (TPSA) is 49.6 Å². The number of hydrogen-bond donors (Lipinski definition) is 2. The van der Waals surface area contributed by atoms with E-state index >= 15 is 0 Å². The Labute approximate surface area is 160 Å². The molecule has 0 aliphatic heterocycles. The highest BCUT2D eigenvalue weighted by atomic mass is 127. The van der Waals surface area contributed by atoms with E-state index in [1.165, 1.54) is 7.76 Å². The second-order valence-electron chi connectivity index (χ2n) is 4.16. The molecule has 2 N–H and O–H groups in total. The maximum Gasteiger partial charge on any atom is 0.191 e. The molecule has 0 aliphatic carbocycles. The summed E-state index contributed by atoms with van der Waals surface area (Å²) in [6, 6.07) is 8.14. The van der Waals surface area contributed by atoms with E-state index in [0.717, 1.165) is 31.2 Å². The average Bonchev–Trinajstić information content (AvgIpc) is 3.08. The van der Waals surface area contributed by atoms with Crippen molar-refractivity contribution >= 4 is 63.9 Å². The molecule has 0 bridgehead atoms. The Hall–Kier alpha value is -0.290. The van der Waals surface area contributed by atoms with E-state index in [1.807, 2.05) is 23.5 Å². The highest BCUT2D eigenvalue weighted by molar-refractivity contribution is 14.1. The number of furan rings is 1. The molecule has 0 atom stereocenters. The van der Waals surface area contributed by atoms with Crippen LogP contribution in [-0.4, -0.2) is 19.0 Å². The summed E-state index contributed by atoms with van der Waals surface area (Å²) in [6.45, 7) is 4.34. The van der Waals surface area contributed by atoms with Crippen molar-refractivity contribution < 1.29 is 4.42 Å². The van der Waals surface area contributed by atoms with Gasteiger partial charge in [0.1, 0.15) is 12.3 Å². The van der Waals surface area contributed by atoms with Gasteiger partial charge in [-0.1, -0.05) is 0 Å². The van der Waals surface area contributed by atoms with Crippen LogP contribution in [0, 0.1) is 2.88 Å². The molecular weight excluding hydrogens is 512 g/mol. The Balaban J connectivity index is 0.00000220. The van der Waals surface area contributed by atoms with Crippen LogP contribution < -0.4 is 10.6 Å². The molecule has 0 radical (unpaired) electrons. The number of hydrogen-bond acceptors (Lipinski definition) is 3. The van der Waals surface area contributed by atoms with Gasteiger partial charge in [0, 0.05) is 18.0 Å². The molecule has 0 saturated carbocycles. The number of halogens is 2. The van der Waals surface area contributed by atoms with E-state index in [0.29, 0.717) is 6.54 Å².